The van der Waals surface area contributed by atoms with Crippen molar-refractivity contribution in [2.75, 3.05) is 33.3 Å². The van der Waals surface area contributed by atoms with Crippen LogP contribution in [0.2, 0.25) is 0 Å². The van der Waals surface area contributed by atoms with Crippen LogP contribution in [0, 0.1) is 0 Å². The van der Waals surface area contributed by atoms with Crippen LogP contribution in [0.1, 0.15) is 22.0 Å². The number of anilines is 1. The number of methoxy groups -OCH3 is 4. The summed E-state index contributed by atoms with van der Waals surface area (Å²) < 4.78 is 27.3. The van der Waals surface area contributed by atoms with E-state index < -0.39 is 12.0 Å². The molecule has 0 N–H and O–H groups in total. The molecule has 8 heteroatoms. The van der Waals surface area contributed by atoms with Crippen molar-refractivity contribution < 1.29 is 33.3 Å². The van der Waals surface area contributed by atoms with E-state index in [-0.39, 0.29) is 11.7 Å². The molecule has 180 valence electrons. The lowest BCUT2D eigenvalue weighted by Crippen LogP contribution is -2.48. The number of hydrogen-bond acceptors (Lipinski definition) is 7. The monoisotopic (exact) mass is 475 g/mol. The minimum atomic E-state index is -0.522. The number of β-lactam (4-membered cyclic amide) rings is 1. The van der Waals surface area contributed by atoms with E-state index in [0.29, 0.717) is 45.4 Å². The van der Waals surface area contributed by atoms with Crippen LogP contribution in [0.15, 0.2) is 72.8 Å². The van der Waals surface area contributed by atoms with Gasteiger partial charge in [0.05, 0.1) is 45.7 Å². The molecule has 3 aromatic carbocycles. The molecule has 1 atom stereocenters. The topological polar surface area (TPSA) is 83.5 Å². The van der Waals surface area contributed by atoms with Gasteiger partial charge in [0.1, 0.15) is 0 Å². The Kier molecular flexibility index (Phi) is 6.64. The molecule has 0 spiro atoms. The number of benzene rings is 3. The molecule has 8 nitrogen and oxygen atoms in total. The fraction of sp³-hybridized carbons (Fsp3) is 0.185. The average molecular weight is 475 g/mol. The summed E-state index contributed by atoms with van der Waals surface area (Å²) in [6.07, 6.45) is 0. The molecule has 1 saturated heterocycles. The standard InChI is InChI=1S/C27H25NO7/c1-16-24(28(26(16)29)19-14-22(32-3)25(34-5)23(15-19)33-4)18-11-12-20(31-2)21(13-18)35-27(30)17-9-7-6-8-10-17/h6-15,24H,1H2,2-5H3/t24-/m1/s1. The number of rotatable bonds is 8. The molecule has 1 amide bonds. The van der Waals surface area contributed by atoms with E-state index in [4.69, 9.17) is 23.7 Å². The van der Waals surface area contributed by atoms with E-state index in [2.05, 4.69) is 6.58 Å². The zero-order chi connectivity index (χ0) is 25.1. The highest BCUT2D eigenvalue weighted by Crippen LogP contribution is 2.48. The molecule has 0 bridgehead atoms. The van der Waals surface area contributed by atoms with Gasteiger partial charge in [-0.25, -0.2) is 4.79 Å². The van der Waals surface area contributed by atoms with Gasteiger partial charge in [0.15, 0.2) is 23.0 Å². The van der Waals surface area contributed by atoms with Gasteiger partial charge in [-0.05, 0) is 29.8 Å². The van der Waals surface area contributed by atoms with Crippen LogP contribution in [-0.4, -0.2) is 40.3 Å². The molecule has 3 aromatic rings. The molecule has 1 aliphatic heterocycles. The van der Waals surface area contributed by atoms with E-state index in [9.17, 15) is 9.59 Å². The third-order valence-electron chi connectivity index (χ3n) is 5.72. The molecule has 0 aromatic heterocycles. The summed E-state index contributed by atoms with van der Waals surface area (Å²) >= 11 is 0. The molecule has 0 aliphatic carbocycles. The first-order valence-electron chi connectivity index (χ1n) is 10.7. The third-order valence-corrected chi connectivity index (χ3v) is 5.72. The Morgan fingerprint density at radius 1 is 0.800 bits per heavy atom. The van der Waals surface area contributed by atoms with Gasteiger partial charge in [0.2, 0.25) is 5.75 Å². The van der Waals surface area contributed by atoms with E-state index in [1.54, 1.807) is 59.5 Å². The van der Waals surface area contributed by atoms with Gasteiger partial charge in [-0.1, -0.05) is 30.8 Å². The van der Waals surface area contributed by atoms with Crippen molar-refractivity contribution in [2.45, 2.75) is 6.04 Å². The van der Waals surface area contributed by atoms with Gasteiger partial charge in [-0.15, -0.1) is 0 Å². The Bertz CT molecular complexity index is 1260. The van der Waals surface area contributed by atoms with Crippen LogP contribution in [0.4, 0.5) is 5.69 Å². The number of esters is 1. The minimum Gasteiger partial charge on any atom is -0.493 e. The van der Waals surface area contributed by atoms with Gasteiger partial charge in [-0.2, -0.15) is 0 Å². The predicted octanol–water partition coefficient (Wildman–Crippen LogP) is 4.58. The highest BCUT2D eigenvalue weighted by atomic mass is 16.6. The fourth-order valence-electron chi connectivity index (χ4n) is 3.98. The first-order chi connectivity index (χ1) is 16.9. The zero-order valence-electron chi connectivity index (χ0n) is 19.9. The number of ether oxygens (including phenoxy) is 5. The maximum absolute atomic E-state index is 12.9. The molecule has 4 rings (SSSR count). The maximum atomic E-state index is 12.9. The van der Waals surface area contributed by atoms with Crippen LogP contribution >= 0.6 is 0 Å². The van der Waals surface area contributed by atoms with Crippen LogP contribution in [0.3, 0.4) is 0 Å². The van der Waals surface area contributed by atoms with Gasteiger partial charge in [0, 0.05) is 17.7 Å². The average Bonchev–Trinajstić information content (AvgIpc) is 2.90. The van der Waals surface area contributed by atoms with Crippen LogP contribution in [-0.2, 0) is 4.79 Å². The molecular weight excluding hydrogens is 450 g/mol. The second-order valence-corrected chi connectivity index (χ2v) is 7.65. The van der Waals surface area contributed by atoms with Gasteiger partial charge >= 0.3 is 5.97 Å². The van der Waals surface area contributed by atoms with Crippen LogP contribution in [0.25, 0.3) is 0 Å². The molecular formula is C27H25NO7. The highest BCUT2D eigenvalue weighted by molar-refractivity contribution is 6.15. The summed E-state index contributed by atoms with van der Waals surface area (Å²) in [6.45, 7) is 3.96. The van der Waals surface area contributed by atoms with Crippen molar-refractivity contribution in [3.05, 3.63) is 83.9 Å². The Morgan fingerprint density at radius 3 is 2.00 bits per heavy atom. The SMILES string of the molecule is C=C1C(=O)N(c2cc(OC)c(OC)c(OC)c2)[C@H]1c1ccc(OC)c(OC(=O)c2ccccc2)c1. The normalized spacial score (nSPS) is 14.7. The van der Waals surface area contributed by atoms with Crippen molar-refractivity contribution in [3.63, 3.8) is 0 Å². The largest absolute Gasteiger partial charge is 0.493 e. The summed E-state index contributed by atoms with van der Waals surface area (Å²) in [7, 11) is 6.01. The van der Waals surface area contributed by atoms with E-state index in [1.165, 1.54) is 28.4 Å². The van der Waals surface area contributed by atoms with E-state index in [0.717, 1.165) is 0 Å². The number of amides is 1. The summed E-state index contributed by atoms with van der Waals surface area (Å²) in [6, 6.07) is 16.7. The van der Waals surface area contributed by atoms with Crippen molar-refractivity contribution in [2.24, 2.45) is 0 Å². The lowest BCUT2D eigenvalue weighted by Gasteiger charge is -2.42. The molecule has 0 saturated carbocycles. The number of nitrogens with zero attached hydrogens (tertiary/aromatic N) is 1. The van der Waals surface area contributed by atoms with E-state index in [1.807, 2.05) is 6.07 Å². The summed E-state index contributed by atoms with van der Waals surface area (Å²) in [5, 5.41) is 0. The smallest absolute Gasteiger partial charge is 0.343 e. The Balaban J connectivity index is 1.71. The Morgan fingerprint density at radius 2 is 1.43 bits per heavy atom. The molecule has 0 radical (unpaired) electrons. The summed E-state index contributed by atoms with van der Waals surface area (Å²) in [5.41, 5.74) is 2.03. The second-order valence-electron chi connectivity index (χ2n) is 7.65. The first-order valence-corrected chi connectivity index (χ1v) is 10.7. The van der Waals surface area contributed by atoms with Crippen LogP contribution < -0.4 is 28.6 Å². The van der Waals surface area contributed by atoms with Crippen molar-refractivity contribution >= 4 is 17.6 Å². The molecule has 1 fully saturated rings. The summed E-state index contributed by atoms with van der Waals surface area (Å²) in [4.78, 5) is 27.1. The maximum Gasteiger partial charge on any atom is 0.343 e. The first kappa shape index (κ1) is 23.7. The number of carbonyl (C=O) groups is 2. The minimum absolute atomic E-state index is 0.232. The van der Waals surface area contributed by atoms with Gasteiger partial charge in [0.25, 0.3) is 5.91 Å². The lowest BCUT2D eigenvalue weighted by molar-refractivity contribution is -0.119. The molecule has 1 aliphatic rings. The number of carbonyl (C=O) groups excluding carboxylic acids is 2. The third kappa shape index (κ3) is 4.26. The van der Waals surface area contributed by atoms with E-state index >= 15 is 0 Å². The number of hydrogen-bond donors (Lipinski definition) is 0. The highest BCUT2D eigenvalue weighted by Gasteiger charge is 2.43. The van der Waals surface area contributed by atoms with Crippen molar-refractivity contribution in [1.82, 2.24) is 0 Å². The molecule has 0 unspecified atom stereocenters. The van der Waals surface area contributed by atoms with Gasteiger partial charge < -0.3 is 23.7 Å². The van der Waals surface area contributed by atoms with Crippen LogP contribution in [0.5, 0.6) is 28.7 Å². The second kappa shape index (κ2) is 9.80. The summed E-state index contributed by atoms with van der Waals surface area (Å²) in [5.74, 6) is 1.09. The van der Waals surface area contributed by atoms with Gasteiger partial charge in [-0.3, -0.25) is 9.69 Å². The Hall–Kier alpha value is -4.46. The quantitative estimate of drug-likeness (QED) is 0.204. The fourth-order valence-corrected chi connectivity index (χ4v) is 3.98. The predicted molar refractivity (Wildman–Crippen MR) is 130 cm³/mol. The zero-order valence-corrected chi connectivity index (χ0v) is 19.9. The lowest BCUT2D eigenvalue weighted by atomic mass is 9.88. The van der Waals surface area contributed by atoms with Crippen molar-refractivity contribution in [3.8, 4) is 28.7 Å². The molecule has 1 heterocycles. The molecule has 35 heavy (non-hydrogen) atoms. The van der Waals surface area contributed by atoms with Crippen molar-refractivity contribution in [1.29, 1.82) is 0 Å². The Labute approximate surface area is 203 Å².